The summed E-state index contributed by atoms with van der Waals surface area (Å²) in [5.74, 6) is -0.598. The van der Waals surface area contributed by atoms with E-state index in [2.05, 4.69) is 21.4 Å². The summed E-state index contributed by atoms with van der Waals surface area (Å²) in [5, 5.41) is 10.7. The first kappa shape index (κ1) is 13.6. The maximum atomic E-state index is 10.7. The van der Waals surface area contributed by atoms with Crippen molar-refractivity contribution in [2.75, 3.05) is 6.61 Å². The monoisotopic (exact) mass is 303 g/mol. The standard InChI is InChI=1S/C9H10BrN3O4/c10-7-2-1-6(3-8(7)13(15)16)4-12-17-5-9(11)14/h1-3,12H,4-5H2,(H2,11,14). The predicted molar refractivity (Wildman–Crippen MR) is 62.8 cm³/mol. The van der Waals surface area contributed by atoms with Crippen LogP contribution >= 0.6 is 15.9 Å². The van der Waals surface area contributed by atoms with Crippen LogP contribution in [0, 0.1) is 10.1 Å². The van der Waals surface area contributed by atoms with Gasteiger partial charge in [0.05, 0.1) is 9.40 Å². The summed E-state index contributed by atoms with van der Waals surface area (Å²) in [6, 6.07) is 4.67. The Hall–Kier alpha value is -1.51. The molecule has 3 N–H and O–H groups in total. The number of nitrogens with two attached hydrogens (primary N) is 1. The molecular weight excluding hydrogens is 294 g/mol. The van der Waals surface area contributed by atoms with Gasteiger partial charge >= 0.3 is 0 Å². The number of halogens is 1. The van der Waals surface area contributed by atoms with Crippen LogP contribution < -0.4 is 11.2 Å². The first-order valence-electron chi connectivity index (χ1n) is 4.56. The van der Waals surface area contributed by atoms with Gasteiger partial charge in [0.2, 0.25) is 5.91 Å². The Morgan fingerprint density at radius 3 is 2.88 bits per heavy atom. The van der Waals surface area contributed by atoms with Crippen molar-refractivity contribution in [3.05, 3.63) is 38.3 Å². The van der Waals surface area contributed by atoms with Gasteiger partial charge in [-0.2, -0.15) is 5.48 Å². The van der Waals surface area contributed by atoms with Crippen LogP contribution in [-0.4, -0.2) is 17.4 Å². The second-order valence-electron chi connectivity index (χ2n) is 3.12. The van der Waals surface area contributed by atoms with Crippen LogP contribution in [0.2, 0.25) is 0 Å². The summed E-state index contributed by atoms with van der Waals surface area (Å²) >= 11 is 3.08. The number of nitrogens with one attached hydrogen (secondary N) is 1. The molecular formula is C9H10BrN3O4. The Bertz CT molecular complexity index is 438. The Morgan fingerprint density at radius 2 is 2.29 bits per heavy atom. The molecule has 0 saturated heterocycles. The van der Waals surface area contributed by atoms with Crippen molar-refractivity contribution in [1.82, 2.24) is 5.48 Å². The second kappa shape index (κ2) is 6.28. The largest absolute Gasteiger partial charge is 0.368 e. The number of carbonyl (C=O) groups excluding carboxylic acids is 1. The molecule has 0 aliphatic rings. The molecule has 1 aromatic carbocycles. The topological polar surface area (TPSA) is 107 Å². The van der Waals surface area contributed by atoms with Crippen LogP contribution in [0.1, 0.15) is 5.56 Å². The van der Waals surface area contributed by atoms with Gasteiger partial charge in [-0.05, 0) is 27.6 Å². The predicted octanol–water partition coefficient (Wildman–Crippen LogP) is 0.864. The summed E-state index contributed by atoms with van der Waals surface area (Å²) in [6.45, 7) is -0.0139. The molecule has 0 unspecified atom stereocenters. The number of primary amides is 1. The number of hydrogen-bond acceptors (Lipinski definition) is 5. The molecule has 8 heteroatoms. The van der Waals surface area contributed by atoms with Gasteiger partial charge in [-0.15, -0.1) is 0 Å². The van der Waals surface area contributed by atoms with Crippen molar-refractivity contribution in [3.63, 3.8) is 0 Å². The molecule has 0 bridgehead atoms. The Morgan fingerprint density at radius 1 is 1.59 bits per heavy atom. The Balaban J connectivity index is 2.57. The number of hydroxylamine groups is 1. The van der Waals surface area contributed by atoms with Crippen LogP contribution in [0.5, 0.6) is 0 Å². The lowest BCUT2D eigenvalue weighted by Gasteiger charge is -2.04. The Labute approximate surface area is 105 Å². The number of amides is 1. The van der Waals surface area contributed by atoms with E-state index in [1.165, 1.54) is 6.07 Å². The molecule has 1 aromatic rings. The minimum absolute atomic E-state index is 0.0285. The number of carbonyl (C=O) groups is 1. The third-order valence-corrected chi connectivity index (χ3v) is 2.47. The van der Waals surface area contributed by atoms with E-state index in [-0.39, 0.29) is 18.8 Å². The van der Waals surface area contributed by atoms with Gasteiger partial charge in [0.25, 0.3) is 5.69 Å². The summed E-state index contributed by atoms with van der Waals surface area (Å²) < 4.78 is 0.407. The van der Waals surface area contributed by atoms with E-state index in [0.29, 0.717) is 10.0 Å². The second-order valence-corrected chi connectivity index (χ2v) is 3.97. The molecule has 1 rings (SSSR count). The number of rotatable bonds is 6. The molecule has 0 aliphatic carbocycles. The van der Waals surface area contributed by atoms with Crippen LogP contribution in [0.3, 0.4) is 0 Å². The molecule has 0 heterocycles. The average molecular weight is 304 g/mol. The van der Waals surface area contributed by atoms with Crippen molar-refractivity contribution in [2.45, 2.75) is 6.54 Å². The number of hydrogen-bond donors (Lipinski definition) is 2. The number of nitrogens with zero attached hydrogens (tertiary/aromatic N) is 1. The molecule has 0 atom stereocenters. The highest BCUT2D eigenvalue weighted by molar-refractivity contribution is 9.10. The van der Waals surface area contributed by atoms with Crippen LogP contribution in [0.25, 0.3) is 0 Å². The number of benzene rings is 1. The lowest BCUT2D eigenvalue weighted by atomic mass is 10.2. The van der Waals surface area contributed by atoms with E-state index < -0.39 is 10.8 Å². The zero-order chi connectivity index (χ0) is 12.8. The zero-order valence-electron chi connectivity index (χ0n) is 8.68. The van der Waals surface area contributed by atoms with Crippen molar-refractivity contribution >= 4 is 27.5 Å². The highest BCUT2D eigenvalue weighted by Crippen LogP contribution is 2.25. The lowest BCUT2D eigenvalue weighted by molar-refractivity contribution is -0.385. The van der Waals surface area contributed by atoms with Crippen LogP contribution in [-0.2, 0) is 16.2 Å². The maximum Gasteiger partial charge on any atom is 0.283 e. The van der Waals surface area contributed by atoms with Gasteiger partial charge in [0.1, 0.15) is 6.61 Å². The first-order valence-corrected chi connectivity index (χ1v) is 5.36. The highest BCUT2D eigenvalue weighted by Gasteiger charge is 2.11. The average Bonchev–Trinajstić information content (AvgIpc) is 2.25. The summed E-state index contributed by atoms with van der Waals surface area (Å²) in [5.41, 5.74) is 7.96. The molecule has 0 aromatic heterocycles. The number of nitro groups is 1. The third kappa shape index (κ3) is 4.47. The molecule has 92 valence electrons. The van der Waals surface area contributed by atoms with Crippen LogP contribution in [0.15, 0.2) is 22.7 Å². The van der Waals surface area contributed by atoms with Crippen molar-refractivity contribution < 1.29 is 14.6 Å². The van der Waals surface area contributed by atoms with Gasteiger partial charge < -0.3 is 5.73 Å². The van der Waals surface area contributed by atoms with E-state index in [9.17, 15) is 14.9 Å². The molecule has 0 fully saturated rings. The summed E-state index contributed by atoms with van der Waals surface area (Å²) in [6.07, 6.45) is 0. The molecule has 0 aliphatic heterocycles. The van der Waals surface area contributed by atoms with E-state index in [1.807, 2.05) is 0 Å². The Kier molecular flexibility index (Phi) is 5.01. The maximum absolute atomic E-state index is 10.7. The minimum Gasteiger partial charge on any atom is -0.368 e. The van der Waals surface area contributed by atoms with E-state index in [1.54, 1.807) is 12.1 Å². The number of nitro benzene ring substituents is 1. The van der Waals surface area contributed by atoms with E-state index in [4.69, 9.17) is 10.6 Å². The fourth-order valence-corrected chi connectivity index (χ4v) is 1.46. The van der Waals surface area contributed by atoms with E-state index >= 15 is 0 Å². The summed E-state index contributed by atoms with van der Waals surface area (Å²) in [4.78, 5) is 25.3. The summed E-state index contributed by atoms with van der Waals surface area (Å²) in [7, 11) is 0. The van der Waals surface area contributed by atoms with Crippen LogP contribution in [0.4, 0.5) is 5.69 Å². The molecule has 7 nitrogen and oxygen atoms in total. The smallest absolute Gasteiger partial charge is 0.283 e. The third-order valence-electron chi connectivity index (χ3n) is 1.80. The zero-order valence-corrected chi connectivity index (χ0v) is 10.3. The quantitative estimate of drug-likeness (QED) is 0.460. The van der Waals surface area contributed by atoms with Crippen molar-refractivity contribution in [3.8, 4) is 0 Å². The molecule has 1 amide bonds. The first-order chi connectivity index (χ1) is 8.00. The molecule has 0 spiro atoms. The molecule has 17 heavy (non-hydrogen) atoms. The van der Waals surface area contributed by atoms with Crippen molar-refractivity contribution in [1.29, 1.82) is 0 Å². The van der Waals surface area contributed by atoms with Gasteiger partial charge in [-0.1, -0.05) is 6.07 Å². The normalized spacial score (nSPS) is 10.2. The fourth-order valence-electron chi connectivity index (χ4n) is 1.06. The SMILES string of the molecule is NC(=O)CONCc1ccc(Br)c([N+](=O)[O-])c1. The highest BCUT2D eigenvalue weighted by atomic mass is 79.9. The fraction of sp³-hybridized carbons (Fsp3) is 0.222. The van der Waals surface area contributed by atoms with Gasteiger partial charge in [0.15, 0.2) is 0 Å². The van der Waals surface area contributed by atoms with Gasteiger partial charge in [-0.25, -0.2) is 0 Å². The molecule has 0 radical (unpaired) electrons. The van der Waals surface area contributed by atoms with E-state index in [0.717, 1.165) is 0 Å². The molecule has 0 saturated carbocycles. The van der Waals surface area contributed by atoms with Gasteiger partial charge in [-0.3, -0.25) is 19.7 Å². The van der Waals surface area contributed by atoms with Crippen molar-refractivity contribution in [2.24, 2.45) is 5.73 Å². The lowest BCUT2D eigenvalue weighted by Crippen LogP contribution is -2.24. The minimum atomic E-state index is -0.598. The van der Waals surface area contributed by atoms with Gasteiger partial charge in [0, 0.05) is 12.6 Å².